The van der Waals surface area contributed by atoms with Crippen LogP contribution in [0.5, 0.6) is 0 Å². The van der Waals surface area contributed by atoms with Crippen LogP contribution in [0, 0.1) is 11.3 Å². The van der Waals surface area contributed by atoms with Gasteiger partial charge in [0.15, 0.2) is 19.7 Å². The highest BCUT2D eigenvalue weighted by Gasteiger charge is 2.45. The molecule has 1 aliphatic heterocycles. The fraction of sp³-hybridized carbons (Fsp3) is 0.417. The SMILES string of the molecule is N#CC1(NC(=O)[C@H](CS(=O)(=O)Cc2ccccc2)N[C@@H](c2ccccc2)C(F)(F)F)CCS(=O)(=O)CC1. The maximum atomic E-state index is 14.0. The van der Waals surface area contributed by atoms with Gasteiger partial charge >= 0.3 is 6.18 Å². The first-order valence-corrected chi connectivity index (χ1v) is 14.9. The smallest absolute Gasteiger partial charge is 0.336 e. The Labute approximate surface area is 213 Å². The molecule has 0 aliphatic carbocycles. The minimum atomic E-state index is -4.88. The maximum absolute atomic E-state index is 14.0. The van der Waals surface area contributed by atoms with Crippen LogP contribution in [0.2, 0.25) is 0 Å². The van der Waals surface area contributed by atoms with Gasteiger partial charge in [-0.25, -0.2) is 16.8 Å². The standard InChI is InChI=1S/C24H26F3N3O5S2/c25-24(26,27)21(19-9-5-2-6-10-19)29-20(16-37(34,35)15-18-7-3-1-4-8-18)22(31)30-23(17-28)11-13-36(32,33)14-12-23/h1-10,20-21,29H,11-16H2,(H,30,31)/t20-,21-/m0/s1. The van der Waals surface area contributed by atoms with Crippen LogP contribution in [0.1, 0.15) is 30.0 Å². The molecule has 1 fully saturated rings. The van der Waals surface area contributed by atoms with E-state index in [0.717, 1.165) is 0 Å². The number of nitrogens with one attached hydrogen (secondary N) is 2. The van der Waals surface area contributed by atoms with Crippen molar-refractivity contribution in [1.29, 1.82) is 5.26 Å². The lowest BCUT2D eigenvalue weighted by Gasteiger charge is -2.34. The number of halogens is 3. The molecule has 1 aliphatic rings. The lowest BCUT2D eigenvalue weighted by Crippen LogP contribution is -2.59. The second-order valence-corrected chi connectivity index (χ2v) is 13.4. The Kier molecular flexibility index (Phi) is 8.66. The third-order valence-corrected chi connectivity index (χ3v) is 9.32. The van der Waals surface area contributed by atoms with Crippen LogP contribution < -0.4 is 10.6 Å². The van der Waals surface area contributed by atoms with E-state index in [0.29, 0.717) is 5.56 Å². The molecule has 2 aromatic carbocycles. The number of nitrogens with zero attached hydrogens (tertiary/aromatic N) is 1. The molecule has 8 nitrogen and oxygen atoms in total. The summed E-state index contributed by atoms with van der Waals surface area (Å²) < 4.78 is 91.6. The number of amides is 1. The second-order valence-electron chi connectivity index (χ2n) is 8.98. The van der Waals surface area contributed by atoms with Crippen molar-refractivity contribution < 1.29 is 34.8 Å². The molecule has 2 atom stereocenters. The normalized spacial score (nSPS) is 18.8. The van der Waals surface area contributed by atoms with Crippen molar-refractivity contribution in [1.82, 2.24) is 10.6 Å². The molecule has 1 heterocycles. The molecule has 0 spiro atoms. The van der Waals surface area contributed by atoms with Crippen LogP contribution >= 0.6 is 0 Å². The van der Waals surface area contributed by atoms with Gasteiger partial charge in [-0.15, -0.1) is 0 Å². The Morgan fingerprint density at radius 2 is 1.57 bits per heavy atom. The van der Waals surface area contributed by atoms with E-state index < -0.39 is 60.9 Å². The number of carbonyl (C=O) groups excluding carboxylic acids is 1. The highest BCUT2D eigenvalue weighted by atomic mass is 32.2. The highest BCUT2D eigenvalue weighted by Crippen LogP contribution is 2.33. The van der Waals surface area contributed by atoms with Crippen molar-refractivity contribution in [3.8, 4) is 6.07 Å². The number of hydrogen-bond donors (Lipinski definition) is 2. The summed E-state index contributed by atoms with van der Waals surface area (Å²) >= 11 is 0. The summed E-state index contributed by atoms with van der Waals surface area (Å²) in [5, 5.41) is 14.2. The minimum absolute atomic E-state index is 0.230. The Morgan fingerprint density at radius 3 is 2.08 bits per heavy atom. The molecule has 2 N–H and O–H groups in total. The van der Waals surface area contributed by atoms with Gasteiger partial charge in [-0.05, 0) is 24.0 Å². The summed E-state index contributed by atoms with van der Waals surface area (Å²) in [7, 11) is -7.53. The van der Waals surface area contributed by atoms with E-state index in [1.807, 2.05) is 6.07 Å². The van der Waals surface area contributed by atoms with E-state index in [2.05, 4.69) is 10.6 Å². The van der Waals surface area contributed by atoms with Crippen LogP contribution in [0.3, 0.4) is 0 Å². The van der Waals surface area contributed by atoms with E-state index in [9.17, 15) is 40.1 Å². The predicted octanol–water partition coefficient (Wildman–Crippen LogP) is 2.45. The van der Waals surface area contributed by atoms with Crippen molar-refractivity contribution in [3.05, 3.63) is 71.8 Å². The fourth-order valence-electron chi connectivity index (χ4n) is 4.04. The van der Waals surface area contributed by atoms with Gasteiger partial charge in [0.2, 0.25) is 5.91 Å². The molecule has 2 aromatic rings. The van der Waals surface area contributed by atoms with Gasteiger partial charge in [-0.1, -0.05) is 60.7 Å². The number of alkyl halides is 3. The van der Waals surface area contributed by atoms with Crippen molar-refractivity contribution in [2.45, 2.75) is 42.4 Å². The van der Waals surface area contributed by atoms with E-state index in [4.69, 9.17) is 0 Å². The quantitative estimate of drug-likeness (QED) is 0.484. The number of carbonyl (C=O) groups is 1. The Morgan fingerprint density at radius 1 is 1.03 bits per heavy atom. The lowest BCUT2D eigenvalue weighted by atomic mass is 9.93. The molecule has 0 radical (unpaired) electrons. The van der Waals surface area contributed by atoms with E-state index in [-0.39, 0.29) is 29.9 Å². The number of hydrogen-bond acceptors (Lipinski definition) is 7. The Hall–Kier alpha value is -2.95. The van der Waals surface area contributed by atoms with Gasteiger partial charge in [0, 0.05) is 0 Å². The molecule has 0 unspecified atom stereocenters. The third kappa shape index (κ3) is 8.02. The molecule has 1 amide bonds. The average molecular weight is 558 g/mol. The molecule has 0 bridgehead atoms. The minimum Gasteiger partial charge on any atom is -0.336 e. The number of sulfone groups is 2. The molecule has 37 heavy (non-hydrogen) atoms. The van der Waals surface area contributed by atoms with Crippen molar-refractivity contribution in [2.24, 2.45) is 0 Å². The van der Waals surface area contributed by atoms with Crippen LogP contribution in [-0.2, 0) is 30.2 Å². The summed E-state index contributed by atoms with van der Waals surface area (Å²) in [6.07, 6.45) is -5.40. The Bertz CT molecular complexity index is 1330. The number of nitriles is 1. The summed E-state index contributed by atoms with van der Waals surface area (Å²) in [5.41, 5.74) is -1.48. The second kappa shape index (κ2) is 11.2. The maximum Gasteiger partial charge on any atom is 0.407 e. The molecule has 13 heteroatoms. The lowest BCUT2D eigenvalue weighted by molar-refractivity contribution is -0.160. The first kappa shape index (κ1) is 28.6. The van der Waals surface area contributed by atoms with Crippen LogP contribution in [0.15, 0.2) is 60.7 Å². The van der Waals surface area contributed by atoms with Crippen LogP contribution in [-0.4, -0.2) is 57.8 Å². The summed E-state index contributed by atoms with van der Waals surface area (Å²) in [4.78, 5) is 13.3. The molecule has 3 rings (SSSR count). The molecule has 1 saturated heterocycles. The summed E-state index contributed by atoms with van der Waals surface area (Å²) in [6.45, 7) is 0. The highest BCUT2D eigenvalue weighted by molar-refractivity contribution is 7.91. The molecule has 0 aromatic heterocycles. The molecule has 200 valence electrons. The largest absolute Gasteiger partial charge is 0.407 e. The number of benzene rings is 2. The molecular formula is C24H26F3N3O5S2. The van der Waals surface area contributed by atoms with Crippen molar-refractivity contribution in [3.63, 3.8) is 0 Å². The van der Waals surface area contributed by atoms with Crippen molar-refractivity contribution in [2.75, 3.05) is 17.3 Å². The zero-order chi connectivity index (χ0) is 27.3. The zero-order valence-corrected chi connectivity index (χ0v) is 21.2. The number of rotatable bonds is 9. The van der Waals surface area contributed by atoms with Gasteiger partial charge in [0.25, 0.3) is 0 Å². The summed E-state index contributed by atoms with van der Waals surface area (Å²) in [6, 6.07) is 12.2. The van der Waals surface area contributed by atoms with Gasteiger partial charge in [-0.3, -0.25) is 10.1 Å². The topological polar surface area (TPSA) is 133 Å². The fourth-order valence-corrected chi connectivity index (χ4v) is 7.14. The van der Waals surface area contributed by atoms with E-state index in [1.165, 1.54) is 42.5 Å². The average Bonchev–Trinajstić information content (AvgIpc) is 2.83. The molecular weight excluding hydrogens is 531 g/mol. The van der Waals surface area contributed by atoms with Crippen molar-refractivity contribution >= 4 is 25.6 Å². The third-order valence-electron chi connectivity index (χ3n) is 6.05. The predicted molar refractivity (Wildman–Crippen MR) is 130 cm³/mol. The zero-order valence-electron chi connectivity index (χ0n) is 19.6. The van der Waals surface area contributed by atoms with Gasteiger partial charge in [0.1, 0.15) is 17.6 Å². The van der Waals surface area contributed by atoms with E-state index >= 15 is 0 Å². The first-order valence-electron chi connectivity index (χ1n) is 11.3. The van der Waals surface area contributed by atoms with Crippen LogP contribution in [0.4, 0.5) is 13.2 Å². The Balaban J connectivity index is 1.92. The van der Waals surface area contributed by atoms with Crippen LogP contribution in [0.25, 0.3) is 0 Å². The van der Waals surface area contributed by atoms with Gasteiger partial charge < -0.3 is 5.32 Å². The monoisotopic (exact) mass is 557 g/mol. The first-order chi connectivity index (χ1) is 17.2. The molecule has 0 saturated carbocycles. The van der Waals surface area contributed by atoms with E-state index in [1.54, 1.807) is 18.2 Å². The van der Waals surface area contributed by atoms with Gasteiger partial charge in [-0.2, -0.15) is 18.4 Å². The van der Waals surface area contributed by atoms with Gasteiger partial charge in [0.05, 0.1) is 29.1 Å². The summed E-state index contributed by atoms with van der Waals surface area (Å²) in [5.74, 6) is -3.40.